The van der Waals surface area contributed by atoms with Crippen LogP contribution in [-0.2, 0) is 9.53 Å². The van der Waals surface area contributed by atoms with Crippen LogP contribution in [0.5, 0.6) is 11.5 Å². The third-order valence-corrected chi connectivity index (χ3v) is 3.08. The minimum atomic E-state index is -1.44. The van der Waals surface area contributed by atoms with E-state index in [4.69, 9.17) is 14.2 Å². The van der Waals surface area contributed by atoms with Gasteiger partial charge < -0.3 is 24.4 Å². The lowest BCUT2D eigenvalue weighted by Crippen LogP contribution is -2.24. The summed E-state index contributed by atoms with van der Waals surface area (Å²) >= 11 is 0. The van der Waals surface area contributed by atoms with Crippen molar-refractivity contribution >= 4 is 12.3 Å². The van der Waals surface area contributed by atoms with Gasteiger partial charge in [-0.2, -0.15) is 0 Å². The summed E-state index contributed by atoms with van der Waals surface area (Å²) in [6, 6.07) is 2.78. The minimum Gasteiger partial charge on any atom is -0.493 e. The number of rotatable bonds is 8. The fourth-order valence-electron chi connectivity index (χ4n) is 1.98. The van der Waals surface area contributed by atoms with Crippen molar-refractivity contribution in [2.75, 3.05) is 20.8 Å². The first-order valence-corrected chi connectivity index (χ1v) is 6.71. The highest BCUT2D eigenvalue weighted by Crippen LogP contribution is 2.34. The van der Waals surface area contributed by atoms with Gasteiger partial charge >= 0.3 is 5.97 Å². The van der Waals surface area contributed by atoms with Gasteiger partial charge in [0.1, 0.15) is 6.10 Å². The third-order valence-electron chi connectivity index (χ3n) is 3.08. The Morgan fingerprint density at radius 3 is 2.32 bits per heavy atom. The average Bonchev–Trinajstić information content (AvgIpc) is 2.52. The van der Waals surface area contributed by atoms with Crippen LogP contribution in [0.25, 0.3) is 0 Å². The van der Waals surface area contributed by atoms with Crippen LogP contribution in [0.4, 0.5) is 0 Å². The molecule has 0 spiro atoms. The molecule has 7 heteroatoms. The van der Waals surface area contributed by atoms with Gasteiger partial charge in [-0.15, -0.1) is 0 Å². The van der Waals surface area contributed by atoms with E-state index >= 15 is 0 Å². The molecule has 0 amide bonds. The lowest BCUT2D eigenvalue weighted by Gasteiger charge is -2.20. The number of aliphatic hydroxyl groups excluding tert-OH is 2. The normalized spacial score (nSPS) is 13.1. The Balaban J connectivity index is 3.07. The second-order valence-electron chi connectivity index (χ2n) is 4.48. The van der Waals surface area contributed by atoms with Crippen molar-refractivity contribution in [2.45, 2.75) is 25.6 Å². The highest BCUT2D eigenvalue weighted by Gasteiger charge is 2.26. The van der Waals surface area contributed by atoms with E-state index in [-0.39, 0.29) is 24.2 Å². The first kappa shape index (κ1) is 17.9. The molecule has 0 saturated heterocycles. The molecule has 2 atom stereocenters. The Bertz CT molecular complexity index is 527. The molecule has 0 radical (unpaired) electrons. The SMILES string of the molecule is CCOC(=O)CC(O)C(O)c1cc(OC)c(OC)cc1C=O. The molecule has 2 unspecified atom stereocenters. The number of methoxy groups -OCH3 is 2. The summed E-state index contributed by atoms with van der Waals surface area (Å²) < 4.78 is 14.9. The van der Waals surface area contributed by atoms with Crippen LogP contribution < -0.4 is 9.47 Å². The second-order valence-corrected chi connectivity index (χ2v) is 4.48. The zero-order valence-corrected chi connectivity index (χ0v) is 12.7. The van der Waals surface area contributed by atoms with Crippen LogP contribution in [0.2, 0.25) is 0 Å². The van der Waals surface area contributed by atoms with Crippen LogP contribution in [0.15, 0.2) is 12.1 Å². The maximum atomic E-state index is 11.4. The standard InChI is InChI=1S/C15H20O7/c1-4-22-14(18)7-11(17)15(19)10-6-13(21-3)12(20-2)5-9(10)8-16/h5-6,8,11,15,17,19H,4,7H2,1-3H3. The molecule has 0 aliphatic carbocycles. The average molecular weight is 312 g/mol. The molecule has 1 rings (SSSR count). The van der Waals surface area contributed by atoms with Gasteiger partial charge in [-0.05, 0) is 24.6 Å². The summed E-state index contributed by atoms with van der Waals surface area (Å²) in [4.78, 5) is 22.5. The van der Waals surface area contributed by atoms with E-state index in [1.807, 2.05) is 0 Å². The summed E-state index contributed by atoms with van der Waals surface area (Å²) in [7, 11) is 2.82. The fourth-order valence-corrected chi connectivity index (χ4v) is 1.98. The number of benzene rings is 1. The Hall–Kier alpha value is -2.12. The number of esters is 1. The number of carbonyl (C=O) groups excluding carboxylic acids is 2. The quantitative estimate of drug-likeness (QED) is 0.542. The minimum absolute atomic E-state index is 0.132. The Morgan fingerprint density at radius 2 is 1.82 bits per heavy atom. The van der Waals surface area contributed by atoms with E-state index < -0.39 is 18.2 Å². The molecule has 1 aromatic rings. The van der Waals surface area contributed by atoms with Gasteiger partial charge in [0, 0.05) is 5.56 Å². The van der Waals surface area contributed by atoms with Crippen LogP contribution >= 0.6 is 0 Å². The summed E-state index contributed by atoms with van der Waals surface area (Å²) in [6.45, 7) is 1.82. The van der Waals surface area contributed by atoms with Gasteiger partial charge in [0.2, 0.25) is 0 Å². The van der Waals surface area contributed by atoms with E-state index in [9.17, 15) is 19.8 Å². The summed E-state index contributed by atoms with van der Waals surface area (Å²) in [6.07, 6.45) is -2.71. The zero-order valence-electron chi connectivity index (χ0n) is 12.7. The van der Waals surface area contributed by atoms with Crippen molar-refractivity contribution < 1.29 is 34.0 Å². The van der Waals surface area contributed by atoms with Crippen LogP contribution in [0.1, 0.15) is 35.4 Å². The van der Waals surface area contributed by atoms with Gasteiger partial charge in [-0.1, -0.05) is 0 Å². The number of ether oxygens (including phenoxy) is 3. The molecule has 0 saturated carbocycles. The number of hydrogen-bond acceptors (Lipinski definition) is 7. The number of hydrogen-bond donors (Lipinski definition) is 2. The Kier molecular flexibility index (Phi) is 6.81. The fraction of sp³-hybridized carbons (Fsp3) is 0.467. The van der Waals surface area contributed by atoms with Crippen LogP contribution in [0.3, 0.4) is 0 Å². The van der Waals surface area contributed by atoms with Gasteiger partial charge in [0.25, 0.3) is 0 Å². The third kappa shape index (κ3) is 4.19. The predicted octanol–water partition coefficient (Wildman–Crippen LogP) is 0.864. The molecule has 0 aromatic heterocycles. The molecule has 122 valence electrons. The largest absolute Gasteiger partial charge is 0.493 e. The first-order chi connectivity index (χ1) is 10.5. The maximum absolute atomic E-state index is 11.4. The molecule has 0 aliphatic heterocycles. The Morgan fingerprint density at radius 1 is 1.23 bits per heavy atom. The highest BCUT2D eigenvalue weighted by molar-refractivity contribution is 5.79. The first-order valence-electron chi connectivity index (χ1n) is 6.71. The molecule has 1 aromatic carbocycles. The lowest BCUT2D eigenvalue weighted by atomic mass is 9.97. The van der Waals surface area contributed by atoms with E-state index in [0.29, 0.717) is 17.8 Å². The highest BCUT2D eigenvalue weighted by atomic mass is 16.5. The monoisotopic (exact) mass is 312 g/mol. The molecule has 0 bridgehead atoms. The molecule has 7 nitrogen and oxygen atoms in total. The topological polar surface area (TPSA) is 102 Å². The van der Waals surface area contributed by atoms with Crippen molar-refractivity contribution in [1.29, 1.82) is 0 Å². The van der Waals surface area contributed by atoms with E-state index in [0.717, 1.165) is 0 Å². The van der Waals surface area contributed by atoms with Crippen molar-refractivity contribution in [3.8, 4) is 11.5 Å². The van der Waals surface area contributed by atoms with Gasteiger partial charge in [0.05, 0.1) is 33.4 Å². The maximum Gasteiger partial charge on any atom is 0.308 e. The van der Waals surface area contributed by atoms with Gasteiger partial charge in [0.15, 0.2) is 17.8 Å². The molecule has 2 N–H and O–H groups in total. The predicted molar refractivity (Wildman–Crippen MR) is 77.2 cm³/mol. The van der Waals surface area contributed by atoms with Crippen molar-refractivity contribution in [1.82, 2.24) is 0 Å². The number of aliphatic hydroxyl groups is 2. The molecule has 0 heterocycles. The van der Waals surface area contributed by atoms with Crippen molar-refractivity contribution in [3.63, 3.8) is 0 Å². The Labute approximate surface area is 128 Å². The smallest absolute Gasteiger partial charge is 0.308 e. The molecular weight excluding hydrogens is 292 g/mol. The second kappa shape index (κ2) is 8.35. The van der Waals surface area contributed by atoms with Crippen molar-refractivity contribution in [3.05, 3.63) is 23.3 Å². The van der Waals surface area contributed by atoms with Gasteiger partial charge in [-0.25, -0.2) is 0 Å². The van der Waals surface area contributed by atoms with Crippen molar-refractivity contribution in [2.24, 2.45) is 0 Å². The molecule has 22 heavy (non-hydrogen) atoms. The molecule has 0 fully saturated rings. The number of aldehydes is 1. The molecular formula is C15H20O7. The van der Waals surface area contributed by atoms with E-state index in [1.165, 1.54) is 26.4 Å². The van der Waals surface area contributed by atoms with Gasteiger partial charge in [-0.3, -0.25) is 9.59 Å². The summed E-state index contributed by atoms with van der Waals surface area (Å²) in [5.41, 5.74) is 0.275. The van der Waals surface area contributed by atoms with Crippen LogP contribution in [0, 0.1) is 0 Å². The van der Waals surface area contributed by atoms with E-state index in [1.54, 1.807) is 6.92 Å². The number of carbonyl (C=O) groups is 2. The van der Waals surface area contributed by atoms with Crippen LogP contribution in [-0.4, -0.2) is 49.4 Å². The van der Waals surface area contributed by atoms with E-state index in [2.05, 4.69) is 0 Å². The summed E-state index contributed by atoms with van der Waals surface area (Å²) in [5.74, 6) is -0.0203. The lowest BCUT2D eigenvalue weighted by molar-refractivity contribution is -0.147. The summed E-state index contributed by atoms with van der Waals surface area (Å²) in [5, 5.41) is 20.1. The molecule has 0 aliphatic rings. The zero-order chi connectivity index (χ0) is 16.7.